The minimum absolute atomic E-state index is 0.161. The molecule has 0 aliphatic carbocycles. The molecule has 0 amide bonds. The fourth-order valence-corrected chi connectivity index (χ4v) is 3.74. The molecule has 0 aliphatic heterocycles. The summed E-state index contributed by atoms with van der Waals surface area (Å²) in [4.78, 5) is 16.9. The molecule has 3 nitrogen and oxygen atoms in total. The Kier molecular flexibility index (Phi) is 4.91. The van der Waals surface area contributed by atoms with E-state index in [1.54, 1.807) is 22.7 Å². The zero-order valence-corrected chi connectivity index (χ0v) is 13.0. The summed E-state index contributed by atoms with van der Waals surface area (Å²) in [5, 5.41) is 3.01. The third kappa shape index (κ3) is 3.63. The molecule has 0 unspecified atom stereocenters. The number of thiophene rings is 1. The molecule has 0 saturated heterocycles. The number of esters is 1. The fraction of sp³-hybridized carbons (Fsp3) is 0.333. The molecule has 0 fully saturated rings. The lowest BCUT2D eigenvalue weighted by molar-refractivity contribution is -0.143. The van der Waals surface area contributed by atoms with Gasteiger partial charge in [0.05, 0.1) is 27.4 Å². The smallest absolute Gasteiger partial charge is 0.306 e. The van der Waals surface area contributed by atoms with Crippen molar-refractivity contribution in [2.75, 3.05) is 6.61 Å². The molecule has 2 rings (SSSR count). The molecular formula is C12H12BrNO2S2. The van der Waals surface area contributed by atoms with E-state index >= 15 is 0 Å². The van der Waals surface area contributed by atoms with Crippen molar-refractivity contribution in [1.82, 2.24) is 4.98 Å². The second-order valence-electron chi connectivity index (χ2n) is 3.55. The molecule has 0 aliphatic rings. The van der Waals surface area contributed by atoms with E-state index in [-0.39, 0.29) is 5.97 Å². The monoisotopic (exact) mass is 345 g/mol. The van der Waals surface area contributed by atoms with Crippen molar-refractivity contribution in [3.63, 3.8) is 0 Å². The van der Waals surface area contributed by atoms with Gasteiger partial charge in [0, 0.05) is 11.8 Å². The van der Waals surface area contributed by atoms with Crippen molar-refractivity contribution in [3.8, 4) is 9.88 Å². The van der Waals surface area contributed by atoms with Crippen molar-refractivity contribution in [3.05, 3.63) is 27.0 Å². The van der Waals surface area contributed by atoms with E-state index in [9.17, 15) is 4.79 Å². The molecule has 2 heterocycles. The third-order valence-electron chi connectivity index (χ3n) is 2.23. The first-order valence-electron chi connectivity index (χ1n) is 5.54. The Morgan fingerprint density at radius 3 is 3.00 bits per heavy atom. The Morgan fingerprint density at radius 2 is 2.33 bits per heavy atom. The van der Waals surface area contributed by atoms with E-state index in [0.717, 1.165) is 19.4 Å². The Hall–Kier alpha value is -0.720. The lowest BCUT2D eigenvalue weighted by Gasteiger charge is -1.99. The predicted molar refractivity (Wildman–Crippen MR) is 78.1 cm³/mol. The molecular weight excluding hydrogens is 334 g/mol. The highest BCUT2D eigenvalue weighted by Gasteiger charge is 2.09. The van der Waals surface area contributed by atoms with Gasteiger partial charge in [0.2, 0.25) is 0 Å². The number of ether oxygens (including phenoxy) is 1. The summed E-state index contributed by atoms with van der Waals surface area (Å²) in [6, 6.07) is 4.06. The number of halogens is 1. The van der Waals surface area contributed by atoms with E-state index in [4.69, 9.17) is 4.74 Å². The maximum atomic E-state index is 11.2. The maximum Gasteiger partial charge on any atom is 0.306 e. The number of aryl methyl sites for hydroxylation is 1. The average molecular weight is 346 g/mol. The van der Waals surface area contributed by atoms with Gasteiger partial charge >= 0.3 is 5.97 Å². The summed E-state index contributed by atoms with van der Waals surface area (Å²) in [6.07, 6.45) is 1.03. The summed E-state index contributed by atoms with van der Waals surface area (Å²) >= 11 is 6.70. The van der Waals surface area contributed by atoms with E-state index in [1.807, 2.05) is 24.4 Å². The third-order valence-corrected chi connectivity index (χ3v) is 4.91. The molecule has 0 radical (unpaired) electrons. The minimum atomic E-state index is -0.161. The summed E-state index contributed by atoms with van der Waals surface area (Å²) < 4.78 is 5.99. The number of carbonyl (C=O) groups excluding carboxylic acids is 1. The van der Waals surface area contributed by atoms with Gasteiger partial charge in [-0.3, -0.25) is 4.79 Å². The van der Waals surface area contributed by atoms with Gasteiger partial charge in [-0.2, -0.15) is 0 Å². The van der Waals surface area contributed by atoms with Crippen LogP contribution < -0.4 is 0 Å². The molecule has 2 aromatic rings. The number of thiazole rings is 1. The second kappa shape index (κ2) is 6.45. The Labute approximate surface area is 122 Å². The van der Waals surface area contributed by atoms with Crippen LogP contribution in [0.5, 0.6) is 0 Å². The lowest BCUT2D eigenvalue weighted by Crippen LogP contribution is -2.05. The van der Waals surface area contributed by atoms with Crippen molar-refractivity contribution in [2.24, 2.45) is 0 Å². The summed E-state index contributed by atoms with van der Waals surface area (Å²) in [5.74, 6) is -0.161. The topological polar surface area (TPSA) is 39.2 Å². The number of carbonyl (C=O) groups is 1. The van der Waals surface area contributed by atoms with Crippen LogP contribution >= 0.6 is 38.6 Å². The van der Waals surface area contributed by atoms with Gasteiger partial charge in [-0.25, -0.2) is 4.98 Å². The van der Waals surface area contributed by atoms with Gasteiger partial charge < -0.3 is 4.74 Å². The van der Waals surface area contributed by atoms with Gasteiger partial charge in [-0.15, -0.1) is 22.7 Å². The van der Waals surface area contributed by atoms with Crippen molar-refractivity contribution >= 4 is 44.6 Å². The maximum absolute atomic E-state index is 11.2. The van der Waals surface area contributed by atoms with Crippen molar-refractivity contribution in [2.45, 2.75) is 19.8 Å². The van der Waals surface area contributed by atoms with Crippen LogP contribution in [0.1, 0.15) is 19.0 Å². The van der Waals surface area contributed by atoms with E-state index in [1.165, 1.54) is 0 Å². The average Bonchev–Trinajstić information content (AvgIpc) is 2.95. The molecule has 0 N–H and O–H groups in total. The zero-order valence-electron chi connectivity index (χ0n) is 9.81. The fourth-order valence-electron chi connectivity index (χ4n) is 1.43. The van der Waals surface area contributed by atoms with Crippen LogP contribution in [0.15, 0.2) is 21.3 Å². The van der Waals surface area contributed by atoms with Crippen LogP contribution in [0.2, 0.25) is 0 Å². The van der Waals surface area contributed by atoms with E-state index < -0.39 is 0 Å². The Bertz CT molecular complexity index is 536. The molecule has 0 spiro atoms. The first kappa shape index (κ1) is 13.7. The van der Waals surface area contributed by atoms with Crippen LogP contribution in [0.4, 0.5) is 0 Å². The highest BCUT2D eigenvalue weighted by Crippen LogP contribution is 2.33. The first-order valence-corrected chi connectivity index (χ1v) is 8.03. The molecule has 0 saturated carbocycles. The lowest BCUT2D eigenvalue weighted by atomic mass is 10.2. The molecule has 96 valence electrons. The number of nitrogens with zero attached hydrogens (tertiary/aromatic N) is 1. The van der Waals surface area contributed by atoms with E-state index in [0.29, 0.717) is 19.4 Å². The normalized spacial score (nSPS) is 10.6. The molecule has 0 atom stereocenters. The Morgan fingerprint density at radius 1 is 1.50 bits per heavy atom. The van der Waals surface area contributed by atoms with Crippen LogP contribution in [-0.4, -0.2) is 17.6 Å². The minimum Gasteiger partial charge on any atom is -0.466 e. The highest BCUT2D eigenvalue weighted by atomic mass is 79.9. The Balaban J connectivity index is 1.96. The van der Waals surface area contributed by atoms with Gasteiger partial charge in [-0.05, 0) is 35.0 Å². The second-order valence-corrected chi connectivity index (χ2v) is 6.87. The standard InChI is InChI=1S/C12H12BrNO2S2/c1-2-16-11(15)6-3-8-7-17-12(14-8)9-4-5-10(13)18-9/h4-5,7H,2-3,6H2,1H3. The van der Waals surface area contributed by atoms with Gasteiger partial charge in [-0.1, -0.05) is 0 Å². The highest BCUT2D eigenvalue weighted by molar-refractivity contribution is 9.11. The molecule has 6 heteroatoms. The SMILES string of the molecule is CCOC(=O)CCc1csc(-c2ccc(Br)s2)n1. The summed E-state index contributed by atoms with van der Waals surface area (Å²) in [5.41, 5.74) is 0.951. The van der Waals surface area contributed by atoms with Crippen LogP contribution in [0, 0.1) is 0 Å². The first-order chi connectivity index (χ1) is 8.69. The molecule has 0 aromatic carbocycles. The largest absolute Gasteiger partial charge is 0.466 e. The zero-order chi connectivity index (χ0) is 13.0. The van der Waals surface area contributed by atoms with Crippen LogP contribution in [0.3, 0.4) is 0 Å². The predicted octanol–water partition coefficient (Wildman–Crippen LogP) is 4.13. The summed E-state index contributed by atoms with van der Waals surface area (Å²) in [6.45, 7) is 2.25. The quantitative estimate of drug-likeness (QED) is 0.764. The van der Waals surface area contributed by atoms with Gasteiger partial charge in [0.15, 0.2) is 0 Å². The van der Waals surface area contributed by atoms with Crippen LogP contribution in [-0.2, 0) is 16.0 Å². The van der Waals surface area contributed by atoms with Crippen molar-refractivity contribution < 1.29 is 9.53 Å². The van der Waals surface area contributed by atoms with Crippen molar-refractivity contribution in [1.29, 1.82) is 0 Å². The molecule has 0 bridgehead atoms. The van der Waals surface area contributed by atoms with E-state index in [2.05, 4.69) is 20.9 Å². The summed E-state index contributed by atoms with van der Waals surface area (Å²) in [7, 11) is 0. The van der Waals surface area contributed by atoms with Crippen LogP contribution in [0.25, 0.3) is 9.88 Å². The van der Waals surface area contributed by atoms with Gasteiger partial charge in [0.25, 0.3) is 0 Å². The molecule has 18 heavy (non-hydrogen) atoms. The molecule has 2 aromatic heterocycles. The number of aromatic nitrogens is 1. The van der Waals surface area contributed by atoms with Gasteiger partial charge in [0.1, 0.15) is 5.01 Å². The number of hydrogen-bond donors (Lipinski definition) is 0. The number of rotatable bonds is 5. The number of hydrogen-bond acceptors (Lipinski definition) is 5.